The third kappa shape index (κ3) is 4.82. The molecular weight excluding hydrogens is 313 g/mol. The van der Waals surface area contributed by atoms with E-state index >= 15 is 0 Å². The summed E-state index contributed by atoms with van der Waals surface area (Å²) < 4.78 is 47.4. The van der Waals surface area contributed by atoms with E-state index in [9.17, 15) is 18.0 Å². The van der Waals surface area contributed by atoms with Crippen molar-refractivity contribution in [3.63, 3.8) is 0 Å². The number of pyridine rings is 1. The van der Waals surface area contributed by atoms with Gasteiger partial charge in [0.1, 0.15) is 5.60 Å². The maximum atomic E-state index is 12.5. The Hall–Kier alpha value is -1.83. The molecule has 1 aromatic heterocycles. The van der Waals surface area contributed by atoms with Crippen LogP contribution in [-0.2, 0) is 16.0 Å². The highest BCUT2D eigenvalue weighted by atomic mass is 19.4. The highest BCUT2D eigenvalue weighted by Crippen LogP contribution is 2.32. The van der Waals surface area contributed by atoms with Gasteiger partial charge in [0.15, 0.2) is 0 Å². The zero-order valence-electron chi connectivity index (χ0n) is 12.8. The fraction of sp³-hybridized carbons (Fsp3) is 0.600. The topological polar surface area (TPSA) is 60.5 Å². The Morgan fingerprint density at radius 1 is 1.35 bits per heavy atom. The summed E-state index contributed by atoms with van der Waals surface area (Å²) in [7, 11) is 1.49. The van der Waals surface area contributed by atoms with Gasteiger partial charge in [-0.1, -0.05) is 6.07 Å². The normalized spacial score (nSPS) is 17.6. The van der Waals surface area contributed by atoms with Gasteiger partial charge in [0.25, 0.3) is 0 Å². The number of rotatable bonds is 5. The van der Waals surface area contributed by atoms with Crippen LogP contribution in [0.25, 0.3) is 0 Å². The third-order valence-electron chi connectivity index (χ3n) is 3.88. The van der Waals surface area contributed by atoms with E-state index in [1.807, 2.05) is 0 Å². The number of halogens is 3. The summed E-state index contributed by atoms with van der Waals surface area (Å²) in [5.74, 6) is -1.69. The second kappa shape index (κ2) is 7.16. The summed E-state index contributed by atoms with van der Waals surface area (Å²) in [4.78, 5) is 15.5. The molecule has 1 aliphatic heterocycles. The van der Waals surface area contributed by atoms with Gasteiger partial charge in [-0.2, -0.15) is 13.2 Å². The van der Waals surface area contributed by atoms with E-state index in [0.717, 1.165) is 0 Å². The lowest BCUT2D eigenvalue weighted by atomic mass is 9.86. The molecule has 8 heteroatoms. The van der Waals surface area contributed by atoms with Gasteiger partial charge in [-0.3, -0.25) is 0 Å². The van der Waals surface area contributed by atoms with Crippen LogP contribution in [0.3, 0.4) is 0 Å². The predicted octanol–water partition coefficient (Wildman–Crippen LogP) is 2.25. The number of aromatic nitrogens is 1. The lowest BCUT2D eigenvalue weighted by Gasteiger charge is -2.37. The first-order chi connectivity index (χ1) is 10.8. The van der Waals surface area contributed by atoms with Crippen molar-refractivity contribution in [1.82, 2.24) is 10.3 Å². The highest BCUT2D eigenvalue weighted by Gasteiger charge is 2.46. The maximum Gasteiger partial charge on any atom is 0.490 e. The van der Waals surface area contributed by atoms with Crippen LogP contribution in [-0.4, -0.2) is 42.9 Å². The number of hydrogen-bond donors (Lipinski definition) is 1. The van der Waals surface area contributed by atoms with Gasteiger partial charge in [0.05, 0.1) is 7.11 Å². The number of aryl methyl sites for hydroxylation is 1. The van der Waals surface area contributed by atoms with Crippen LogP contribution in [0, 0.1) is 0 Å². The quantitative estimate of drug-likeness (QED) is 0.838. The molecule has 1 N–H and O–H groups in total. The standard InChI is InChI=1S/C15H19F3N2O3/c1-22-12-4-2-3-11(20-12)5-6-14(7-9-19-10-8-14)23-13(21)15(16,17)18/h2-4,19H,5-10H2,1H3. The molecule has 0 atom stereocenters. The minimum absolute atomic E-state index is 0.288. The Morgan fingerprint density at radius 3 is 2.65 bits per heavy atom. The summed E-state index contributed by atoms with van der Waals surface area (Å²) in [6.45, 7) is 1.02. The molecule has 1 saturated heterocycles. The minimum Gasteiger partial charge on any atom is -0.481 e. The number of carbonyl (C=O) groups is 1. The van der Waals surface area contributed by atoms with Crippen LogP contribution in [0.5, 0.6) is 5.88 Å². The summed E-state index contributed by atoms with van der Waals surface area (Å²) in [6, 6.07) is 5.22. The molecule has 128 valence electrons. The van der Waals surface area contributed by atoms with Gasteiger partial charge in [-0.25, -0.2) is 9.78 Å². The van der Waals surface area contributed by atoms with Crippen molar-refractivity contribution in [1.29, 1.82) is 0 Å². The first-order valence-electron chi connectivity index (χ1n) is 7.35. The molecule has 0 radical (unpaired) electrons. The molecule has 0 aliphatic carbocycles. The van der Waals surface area contributed by atoms with Crippen LogP contribution in [0.15, 0.2) is 18.2 Å². The van der Waals surface area contributed by atoms with Gasteiger partial charge in [0, 0.05) is 11.8 Å². The molecule has 0 spiro atoms. The van der Waals surface area contributed by atoms with E-state index in [4.69, 9.17) is 9.47 Å². The zero-order chi connectivity index (χ0) is 16.9. The zero-order valence-corrected chi connectivity index (χ0v) is 12.8. The van der Waals surface area contributed by atoms with Gasteiger partial charge in [-0.05, 0) is 44.8 Å². The molecule has 0 unspecified atom stereocenters. The molecular formula is C15H19F3N2O3. The van der Waals surface area contributed by atoms with Crippen LogP contribution >= 0.6 is 0 Å². The van der Waals surface area contributed by atoms with Crippen molar-refractivity contribution in [2.75, 3.05) is 20.2 Å². The first-order valence-corrected chi connectivity index (χ1v) is 7.35. The first kappa shape index (κ1) is 17.5. The molecule has 1 aliphatic rings. The fourth-order valence-electron chi connectivity index (χ4n) is 2.61. The lowest BCUT2D eigenvalue weighted by Crippen LogP contribution is -2.47. The third-order valence-corrected chi connectivity index (χ3v) is 3.88. The monoisotopic (exact) mass is 332 g/mol. The molecule has 0 amide bonds. The van der Waals surface area contributed by atoms with E-state index in [1.54, 1.807) is 18.2 Å². The van der Waals surface area contributed by atoms with Crippen molar-refractivity contribution in [2.24, 2.45) is 0 Å². The molecule has 5 nitrogen and oxygen atoms in total. The molecule has 1 aromatic rings. The van der Waals surface area contributed by atoms with E-state index in [1.165, 1.54) is 7.11 Å². The van der Waals surface area contributed by atoms with Gasteiger partial charge in [-0.15, -0.1) is 0 Å². The molecule has 0 aromatic carbocycles. The summed E-state index contributed by atoms with van der Waals surface area (Å²) in [6.07, 6.45) is -3.59. The molecule has 2 rings (SSSR count). The molecule has 0 saturated carbocycles. The largest absolute Gasteiger partial charge is 0.490 e. The highest BCUT2D eigenvalue weighted by molar-refractivity contribution is 5.76. The van der Waals surface area contributed by atoms with Gasteiger partial charge in [0.2, 0.25) is 5.88 Å². The second-order valence-corrected chi connectivity index (χ2v) is 5.49. The molecule has 23 heavy (non-hydrogen) atoms. The summed E-state index contributed by atoms with van der Waals surface area (Å²) >= 11 is 0. The smallest absolute Gasteiger partial charge is 0.481 e. The maximum absolute atomic E-state index is 12.5. The summed E-state index contributed by atoms with van der Waals surface area (Å²) in [5.41, 5.74) is -0.423. The van der Waals surface area contributed by atoms with Crippen molar-refractivity contribution >= 4 is 5.97 Å². The average molecular weight is 332 g/mol. The fourth-order valence-corrected chi connectivity index (χ4v) is 2.61. The van der Waals surface area contributed by atoms with Gasteiger partial charge >= 0.3 is 12.1 Å². The number of nitrogens with zero attached hydrogens (tertiary/aromatic N) is 1. The molecule has 2 heterocycles. The number of hydrogen-bond acceptors (Lipinski definition) is 5. The molecule has 1 fully saturated rings. The number of alkyl halides is 3. The van der Waals surface area contributed by atoms with Crippen LogP contribution in [0.2, 0.25) is 0 Å². The van der Waals surface area contributed by atoms with Crippen LogP contribution in [0.1, 0.15) is 25.0 Å². The van der Waals surface area contributed by atoms with Crippen molar-refractivity contribution < 1.29 is 27.4 Å². The number of nitrogens with one attached hydrogen (secondary N) is 1. The Balaban J connectivity index is 2.07. The second-order valence-electron chi connectivity index (χ2n) is 5.49. The van der Waals surface area contributed by atoms with E-state index in [-0.39, 0.29) is 6.42 Å². The van der Waals surface area contributed by atoms with Crippen LogP contribution in [0.4, 0.5) is 13.2 Å². The Labute approximate surface area is 132 Å². The Bertz CT molecular complexity index is 543. The Morgan fingerprint density at radius 2 is 2.04 bits per heavy atom. The van der Waals surface area contributed by atoms with Crippen molar-refractivity contribution in [2.45, 2.75) is 37.5 Å². The SMILES string of the molecule is COc1cccc(CCC2(OC(=O)C(F)(F)F)CCNCC2)n1. The van der Waals surface area contributed by atoms with E-state index < -0.39 is 17.7 Å². The van der Waals surface area contributed by atoms with Crippen molar-refractivity contribution in [3.8, 4) is 5.88 Å². The Kier molecular flexibility index (Phi) is 5.46. The number of piperidine rings is 1. The number of carbonyl (C=O) groups excluding carboxylic acids is 1. The number of methoxy groups -OCH3 is 1. The molecule has 0 bridgehead atoms. The van der Waals surface area contributed by atoms with E-state index in [2.05, 4.69) is 10.3 Å². The van der Waals surface area contributed by atoms with Gasteiger partial charge < -0.3 is 14.8 Å². The predicted molar refractivity (Wildman–Crippen MR) is 76.1 cm³/mol. The minimum atomic E-state index is -4.98. The average Bonchev–Trinajstić information content (AvgIpc) is 2.53. The van der Waals surface area contributed by atoms with Crippen molar-refractivity contribution in [3.05, 3.63) is 23.9 Å². The number of esters is 1. The van der Waals surface area contributed by atoms with E-state index in [0.29, 0.717) is 43.9 Å². The van der Waals surface area contributed by atoms with Crippen LogP contribution < -0.4 is 10.1 Å². The lowest BCUT2D eigenvalue weighted by molar-refractivity contribution is -0.216. The number of ether oxygens (including phenoxy) is 2. The summed E-state index contributed by atoms with van der Waals surface area (Å²) in [5, 5.41) is 3.06.